The zero-order chi connectivity index (χ0) is 63.1. The van der Waals surface area contributed by atoms with Crippen LogP contribution in [0.25, 0.3) is 0 Å². The van der Waals surface area contributed by atoms with E-state index in [0.29, 0.717) is 58.7 Å². The second kappa shape index (κ2) is 43.7. The molecule has 85 heavy (non-hydrogen) atoms. The Hall–Kier alpha value is -5.93. The van der Waals surface area contributed by atoms with Crippen LogP contribution in [-0.4, -0.2) is 237 Å². The molecule has 2 rings (SSSR count). The lowest BCUT2D eigenvalue weighted by molar-refractivity contribution is -0.146. The summed E-state index contributed by atoms with van der Waals surface area (Å²) in [6, 6.07) is -2.51. The lowest BCUT2D eigenvalue weighted by Gasteiger charge is -2.37. The van der Waals surface area contributed by atoms with Crippen LogP contribution in [0.4, 0.5) is 9.59 Å². The highest BCUT2D eigenvalue weighted by molar-refractivity contribution is 5.79. The molecule has 0 radical (unpaired) electrons. The smallest absolute Gasteiger partial charge is 0.407 e. The number of nitrogens with zero attached hydrogens (tertiary/aromatic N) is 1. The molecule has 10 atom stereocenters. The summed E-state index contributed by atoms with van der Waals surface area (Å²) in [7, 11) is 0. The summed E-state index contributed by atoms with van der Waals surface area (Å²) in [6.07, 6.45) is -1.39. The number of carbonyl (C=O) groups excluding carboxylic acids is 5. The van der Waals surface area contributed by atoms with Gasteiger partial charge in [-0.05, 0) is 24.7 Å². The van der Waals surface area contributed by atoms with Gasteiger partial charge in [-0.15, -0.1) is 0 Å². The Labute approximate surface area is 498 Å². The van der Waals surface area contributed by atoms with Crippen molar-refractivity contribution in [3.05, 3.63) is 0 Å². The zero-order valence-corrected chi connectivity index (χ0v) is 50.5. The van der Waals surface area contributed by atoms with E-state index in [4.69, 9.17) is 75.4 Å². The van der Waals surface area contributed by atoms with Gasteiger partial charge in [0, 0.05) is 76.0 Å². The van der Waals surface area contributed by atoms with Crippen molar-refractivity contribution in [1.82, 2.24) is 36.8 Å². The van der Waals surface area contributed by atoms with Crippen molar-refractivity contribution in [3.63, 3.8) is 0 Å². The molecule has 2 fully saturated rings. The third kappa shape index (κ3) is 29.3. The molecular weight excluding hydrogens is 1120 g/mol. The number of nitrogens with two attached hydrogens (primary N) is 3. The zero-order valence-electron chi connectivity index (χ0n) is 50.5. The van der Waals surface area contributed by atoms with Crippen molar-refractivity contribution < 1.29 is 91.1 Å². The molecule has 0 heterocycles. The first kappa shape index (κ1) is 75.2. The van der Waals surface area contributed by atoms with Crippen LogP contribution in [0.15, 0.2) is 0 Å². The Balaban J connectivity index is 1.89. The highest BCUT2D eigenvalue weighted by Crippen LogP contribution is 2.41. The molecule has 31 heteroatoms. The maximum absolute atomic E-state index is 13.4. The van der Waals surface area contributed by atoms with Crippen LogP contribution < -0.4 is 49.1 Å². The SMILES string of the molecule is CCC(CC)[C@@H](NC(C)=O)[C@@H]1C(OC(=O)NCCOCCOCCN(CCOCCOCCNC(=O)O[C@H]2[C@@H]([C@H](NC(C)=O)C(CC)CC)[C@H](NC(=N)N)C[C@@H]2C(=O)O)C(=O)CCOCCOCCOCCOCN)[C@@H](C(=O)O)C[C@H]1NC(=N)N. The van der Waals surface area contributed by atoms with Gasteiger partial charge in [0.25, 0.3) is 0 Å². The fraction of sp³-hybridized carbons (Fsp3) is 0.833. The Kier molecular flexibility index (Phi) is 38.6. The van der Waals surface area contributed by atoms with E-state index in [9.17, 15) is 43.8 Å². The van der Waals surface area contributed by atoms with Gasteiger partial charge in [-0.1, -0.05) is 53.4 Å². The van der Waals surface area contributed by atoms with E-state index in [1.165, 1.54) is 13.8 Å². The molecule has 0 bridgehead atoms. The molecule has 2 aliphatic rings. The monoisotopic (exact) mass is 1220 g/mol. The van der Waals surface area contributed by atoms with E-state index >= 15 is 0 Å². The number of carboxylic acid groups (broad SMARTS) is 2. The third-order valence-electron chi connectivity index (χ3n) is 14.8. The van der Waals surface area contributed by atoms with Crippen LogP contribution in [0.2, 0.25) is 0 Å². The number of hydrogen-bond donors (Lipinski definition) is 13. The van der Waals surface area contributed by atoms with Gasteiger partial charge in [-0.2, -0.15) is 0 Å². The highest BCUT2D eigenvalue weighted by Gasteiger charge is 2.55. The predicted molar refractivity (Wildman–Crippen MR) is 308 cm³/mol. The minimum absolute atomic E-state index is 0.00487. The fourth-order valence-electron chi connectivity index (χ4n) is 10.9. The Morgan fingerprint density at radius 2 is 0.847 bits per heavy atom. The van der Waals surface area contributed by atoms with E-state index in [-0.39, 0.29) is 160 Å². The number of ether oxygens (including phenoxy) is 10. The maximum Gasteiger partial charge on any atom is 0.407 e. The van der Waals surface area contributed by atoms with Gasteiger partial charge in [-0.25, -0.2) is 9.59 Å². The molecule has 5 amide bonds. The van der Waals surface area contributed by atoms with Gasteiger partial charge < -0.3 is 112 Å². The summed E-state index contributed by atoms with van der Waals surface area (Å²) in [5, 5.41) is 52.7. The van der Waals surface area contributed by atoms with E-state index in [2.05, 4.69) is 31.9 Å². The number of amides is 5. The molecule has 2 aliphatic carbocycles. The quantitative estimate of drug-likeness (QED) is 0.0158. The van der Waals surface area contributed by atoms with Gasteiger partial charge in [-0.3, -0.25) is 34.8 Å². The van der Waals surface area contributed by atoms with Gasteiger partial charge in [0.1, 0.15) is 12.2 Å². The van der Waals surface area contributed by atoms with Crippen LogP contribution >= 0.6 is 0 Å². The van der Waals surface area contributed by atoms with Crippen molar-refractivity contribution in [2.45, 2.75) is 123 Å². The lowest BCUT2D eigenvalue weighted by Crippen LogP contribution is -2.55. The average Bonchev–Trinajstić information content (AvgIpc) is 2.39. The summed E-state index contributed by atoms with van der Waals surface area (Å²) in [6.45, 7) is 14.3. The number of carboxylic acids is 2. The van der Waals surface area contributed by atoms with Crippen LogP contribution in [0.5, 0.6) is 0 Å². The highest BCUT2D eigenvalue weighted by atomic mass is 16.6. The van der Waals surface area contributed by atoms with Gasteiger partial charge in [0.2, 0.25) is 17.7 Å². The molecule has 1 unspecified atom stereocenters. The summed E-state index contributed by atoms with van der Waals surface area (Å²) in [4.78, 5) is 90.8. The molecule has 0 aromatic rings. The summed E-state index contributed by atoms with van der Waals surface area (Å²) >= 11 is 0. The topological polar surface area (TPSA) is 453 Å². The Morgan fingerprint density at radius 3 is 1.16 bits per heavy atom. The lowest BCUT2D eigenvalue weighted by atomic mass is 9.80. The fourth-order valence-corrected chi connectivity index (χ4v) is 10.9. The number of rotatable bonds is 47. The Morgan fingerprint density at radius 1 is 0.518 bits per heavy atom. The summed E-state index contributed by atoms with van der Waals surface area (Å²) < 4.78 is 55.9. The number of carbonyl (C=O) groups is 7. The summed E-state index contributed by atoms with van der Waals surface area (Å²) in [5.74, 6) is -7.91. The van der Waals surface area contributed by atoms with E-state index < -0.39 is 84.2 Å². The first-order valence-electron chi connectivity index (χ1n) is 29.4. The molecule has 0 aromatic carbocycles. The number of aliphatic carboxylic acids is 2. The van der Waals surface area contributed by atoms with E-state index in [1.54, 1.807) is 4.90 Å². The van der Waals surface area contributed by atoms with Crippen LogP contribution in [0.3, 0.4) is 0 Å². The summed E-state index contributed by atoms with van der Waals surface area (Å²) in [5.41, 5.74) is 16.6. The molecular formula is C54H100N12O19. The van der Waals surface area contributed by atoms with Gasteiger partial charge in [0.15, 0.2) is 11.9 Å². The van der Waals surface area contributed by atoms with Gasteiger partial charge >= 0.3 is 24.1 Å². The normalized spacial score (nSPS) is 20.7. The van der Waals surface area contributed by atoms with E-state index in [0.717, 1.165) is 0 Å². The van der Waals surface area contributed by atoms with Crippen molar-refractivity contribution in [1.29, 1.82) is 10.8 Å². The van der Waals surface area contributed by atoms with Crippen LogP contribution in [0.1, 0.15) is 86.5 Å². The minimum atomic E-state index is -1.20. The van der Waals surface area contributed by atoms with Crippen molar-refractivity contribution in [2.24, 2.45) is 52.7 Å². The maximum atomic E-state index is 13.4. The molecule has 16 N–H and O–H groups in total. The van der Waals surface area contributed by atoms with Crippen molar-refractivity contribution in [2.75, 3.05) is 132 Å². The van der Waals surface area contributed by atoms with Gasteiger partial charge in [0.05, 0.1) is 124 Å². The average molecular weight is 1220 g/mol. The second-order valence-corrected chi connectivity index (χ2v) is 20.5. The van der Waals surface area contributed by atoms with Crippen LogP contribution in [0, 0.1) is 46.3 Å². The number of guanidine groups is 2. The van der Waals surface area contributed by atoms with Crippen molar-refractivity contribution in [3.8, 4) is 0 Å². The molecule has 0 saturated heterocycles. The van der Waals surface area contributed by atoms with Crippen LogP contribution in [-0.2, 0) is 71.3 Å². The molecule has 0 aromatic heterocycles. The first-order chi connectivity index (χ1) is 40.7. The molecule has 0 spiro atoms. The number of hydrogen-bond acceptors (Lipinski definition) is 20. The van der Waals surface area contributed by atoms with E-state index in [1.807, 2.05) is 27.7 Å². The predicted octanol–water partition coefficient (Wildman–Crippen LogP) is -0.530. The molecule has 490 valence electrons. The number of alkyl carbamates (subject to hydrolysis) is 2. The molecule has 31 nitrogen and oxygen atoms in total. The standard InChI is InChI=1S/C54H100N12O19/c1-7-36(8-2)45(62-34(5)67)43-40(64-51(56)57)31-38(49(70)71)47(43)84-53(74)60-12-17-77-22-24-79-19-14-66(42(69)11-16-76-21-26-81-27-28-82-29-30-83-33-55)15-20-80-25-23-78-18-13-61-54(75)85-48-39(50(72)73)32-41(65-52(58)59)44(48)46(63-35(6)68)37(9-3)10-4/h36-41,43-48H,7-33,55H2,1-6H3,(H,60,74)(H,61,75)(H,62,67)(H,63,68)(H,70,71)(H,72,73)(H4,56,57,64)(H4,58,59,65)/t38-,39-,40+,41+,43+,44+,45+,46+,47+,48?/m0/s1. The third-order valence-corrected chi connectivity index (χ3v) is 14.8. The van der Waals surface area contributed by atoms with Crippen molar-refractivity contribution >= 4 is 53.8 Å². The molecule has 0 aliphatic heterocycles. The molecule has 2 saturated carbocycles. The Bertz CT molecular complexity index is 1880. The number of nitrogens with one attached hydrogen (secondary N) is 8. The second-order valence-electron chi connectivity index (χ2n) is 20.5. The largest absolute Gasteiger partial charge is 0.481 e. The first-order valence-corrected chi connectivity index (χ1v) is 29.4. The minimum Gasteiger partial charge on any atom is -0.481 e.